The zero-order chi connectivity index (χ0) is 24.6. The molecule has 35 heavy (non-hydrogen) atoms. The van der Waals surface area contributed by atoms with Crippen molar-refractivity contribution in [2.24, 2.45) is 0 Å². The van der Waals surface area contributed by atoms with Crippen LogP contribution in [-0.2, 0) is 0 Å². The molecule has 0 saturated carbocycles. The Bertz CT molecular complexity index is 1190. The number of piperazine rings is 1. The molecular weight excluding hydrogens is 468 g/mol. The Balaban J connectivity index is 1.42. The van der Waals surface area contributed by atoms with Crippen molar-refractivity contribution < 1.29 is 14.2 Å². The highest BCUT2D eigenvalue weighted by atomic mass is 35.5. The van der Waals surface area contributed by atoms with Gasteiger partial charge in [-0.1, -0.05) is 17.5 Å². The van der Waals surface area contributed by atoms with Gasteiger partial charge >= 0.3 is 0 Å². The van der Waals surface area contributed by atoms with E-state index in [0.717, 1.165) is 51.1 Å². The molecule has 184 valence electrons. The molecule has 0 spiro atoms. The van der Waals surface area contributed by atoms with Crippen LogP contribution in [0.15, 0.2) is 30.6 Å². The lowest BCUT2D eigenvalue weighted by Gasteiger charge is -2.33. The van der Waals surface area contributed by atoms with Crippen LogP contribution in [0.2, 0.25) is 5.02 Å². The highest BCUT2D eigenvalue weighted by molar-refractivity contribution is 6.33. The largest absolute Gasteiger partial charge is 0.493 e. The van der Waals surface area contributed by atoms with Crippen molar-refractivity contribution in [3.8, 4) is 29.7 Å². The molecule has 0 amide bonds. The number of terminal acetylenes is 1. The molecule has 1 aliphatic rings. The van der Waals surface area contributed by atoms with Crippen molar-refractivity contribution in [2.75, 3.05) is 65.4 Å². The van der Waals surface area contributed by atoms with Crippen molar-refractivity contribution in [2.45, 2.75) is 6.42 Å². The van der Waals surface area contributed by atoms with Gasteiger partial charge in [0, 0.05) is 50.2 Å². The van der Waals surface area contributed by atoms with Crippen LogP contribution >= 0.6 is 11.6 Å². The number of nitrogens with one attached hydrogen (secondary N) is 1. The predicted octanol–water partition coefficient (Wildman–Crippen LogP) is 3.46. The van der Waals surface area contributed by atoms with Gasteiger partial charge in [0.15, 0.2) is 17.3 Å². The molecule has 10 heteroatoms. The summed E-state index contributed by atoms with van der Waals surface area (Å²) in [6.45, 7) is 6.35. The second kappa shape index (κ2) is 11.9. The third kappa shape index (κ3) is 6.22. The van der Waals surface area contributed by atoms with Gasteiger partial charge in [0.1, 0.15) is 12.1 Å². The summed E-state index contributed by atoms with van der Waals surface area (Å²) in [6.07, 6.45) is 7.80. The molecule has 0 atom stereocenters. The van der Waals surface area contributed by atoms with E-state index < -0.39 is 0 Å². The Morgan fingerprint density at radius 2 is 1.83 bits per heavy atom. The first-order chi connectivity index (χ1) is 17.1. The number of hydrogen-bond acceptors (Lipinski definition) is 9. The fourth-order valence-electron chi connectivity index (χ4n) is 3.94. The third-order valence-corrected chi connectivity index (χ3v) is 6.15. The van der Waals surface area contributed by atoms with Crippen LogP contribution in [0.5, 0.6) is 17.4 Å². The van der Waals surface area contributed by atoms with Crippen molar-refractivity contribution in [3.63, 3.8) is 0 Å². The highest BCUT2D eigenvalue weighted by Crippen LogP contribution is 2.35. The number of rotatable bonds is 10. The highest BCUT2D eigenvalue weighted by Gasteiger charge is 2.16. The van der Waals surface area contributed by atoms with Crippen LogP contribution in [0.25, 0.3) is 10.9 Å². The van der Waals surface area contributed by atoms with Gasteiger partial charge in [0.05, 0.1) is 37.9 Å². The van der Waals surface area contributed by atoms with Crippen LogP contribution in [0, 0.1) is 12.3 Å². The number of hydrogen-bond donors (Lipinski definition) is 1. The van der Waals surface area contributed by atoms with Crippen LogP contribution in [-0.4, -0.2) is 84.8 Å². The fourth-order valence-corrected chi connectivity index (χ4v) is 4.10. The predicted molar refractivity (Wildman–Crippen MR) is 137 cm³/mol. The number of pyridine rings is 1. The van der Waals surface area contributed by atoms with E-state index in [2.05, 4.69) is 36.0 Å². The summed E-state index contributed by atoms with van der Waals surface area (Å²) >= 11 is 6.30. The second-order valence-corrected chi connectivity index (χ2v) is 8.48. The molecule has 9 nitrogen and oxygen atoms in total. The molecule has 3 heterocycles. The second-order valence-electron chi connectivity index (χ2n) is 8.08. The zero-order valence-corrected chi connectivity index (χ0v) is 20.7. The summed E-state index contributed by atoms with van der Waals surface area (Å²) in [7, 11) is 3.16. The smallest absolute Gasteiger partial charge is 0.214 e. The number of aromatic nitrogens is 3. The lowest BCUT2D eigenvalue weighted by atomic mass is 10.2. The SMILES string of the molecule is C#CCN1CCN(CCCOc2cc3ncnc(Nc4nc(OC)ccc4Cl)c3cc2OC)CC1. The molecule has 4 rings (SSSR count). The summed E-state index contributed by atoms with van der Waals surface area (Å²) in [5.74, 6) is 5.38. The van der Waals surface area contributed by atoms with Gasteiger partial charge in [-0.25, -0.2) is 9.97 Å². The van der Waals surface area contributed by atoms with Crippen molar-refractivity contribution in [3.05, 3.63) is 35.6 Å². The Morgan fingerprint density at radius 3 is 2.57 bits per heavy atom. The van der Waals surface area contributed by atoms with Gasteiger partial charge in [-0.3, -0.25) is 4.90 Å². The third-order valence-electron chi connectivity index (χ3n) is 5.84. The number of fused-ring (bicyclic) bond motifs is 1. The fraction of sp³-hybridized carbons (Fsp3) is 0.400. The quantitative estimate of drug-likeness (QED) is 0.335. The summed E-state index contributed by atoms with van der Waals surface area (Å²) in [5.41, 5.74) is 0.710. The van der Waals surface area contributed by atoms with E-state index in [0.29, 0.717) is 46.2 Å². The van der Waals surface area contributed by atoms with E-state index in [-0.39, 0.29) is 0 Å². The topological polar surface area (TPSA) is 84.9 Å². The summed E-state index contributed by atoms with van der Waals surface area (Å²) in [6, 6.07) is 7.12. The van der Waals surface area contributed by atoms with E-state index in [1.807, 2.05) is 12.1 Å². The number of benzene rings is 1. The summed E-state index contributed by atoms with van der Waals surface area (Å²) < 4.78 is 16.9. The molecule has 2 aromatic heterocycles. The van der Waals surface area contributed by atoms with E-state index in [1.165, 1.54) is 6.33 Å². The van der Waals surface area contributed by atoms with Gasteiger partial charge in [0.2, 0.25) is 5.88 Å². The molecule has 0 bridgehead atoms. The Hall–Kier alpha value is -3.32. The lowest BCUT2D eigenvalue weighted by molar-refractivity contribution is 0.136. The first kappa shape index (κ1) is 24.8. The molecule has 0 radical (unpaired) electrons. The van der Waals surface area contributed by atoms with E-state index in [4.69, 9.17) is 32.2 Å². The number of ether oxygens (including phenoxy) is 3. The van der Waals surface area contributed by atoms with Crippen LogP contribution in [0.3, 0.4) is 0 Å². The Labute approximate surface area is 210 Å². The van der Waals surface area contributed by atoms with Gasteiger partial charge < -0.3 is 24.4 Å². The minimum atomic E-state index is 0.436. The monoisotopic (exact) mass is 496 g/mol. The lowest BCUT2D eigenvalue weighted by Crippen LogP contribution is -2.46. The number of nitrogens with zero attached hydrogens (tertiary/aromatic N) is 5. The summed E-state index contributed by atoms with van der Waals surface area (Å²) in [4.78, 5) is 17.9. The summed E-state index contributed by atoms with van der Waals surface area (Å²) in [5, 5.41) is 4.37. The molecule has 1 N–H and O–H groups in total. The van der Waals surface area contributed by atoms with Gasteiger partial charge in [-0.05, 0) is 18.6 Å². The maximum absolute atomic E-state index is 6.30. The average Bonchev–Trinajstić information content (AvgIpc) is 2.88. The molecule has 1 aromatic carbocycles. The maximum Gasteiger partial charge on any atom is 0.214 e. The van der Waals surface area contributed by atoms with Crippen LogP contribution < -0.4 is 19.5 Å². The minimum Gasteiger partial charge on any atom is -0.493 e. The van der Waals surface area contributed by atoms with Crippen molar-refractivity contribution in [1.29, 1.82) is 0 Å². The van der Waals surface area contributed by atoms with E-state index in [1.54, 1.807) is 26.4 Å². The van der Waals surface area contributed by atoms with Crippen molar-refractivity contribution >= 4 is 34.1 Å². The number of anilines is 2. The molecule has 1 saturated heterocycles. The van der Waals surface area contributed by atoms with Gasteiger partial charge in [-0.2, -0.15) is 4.98 Å². The van der Waals surface area contributed by atoms with Crippen molar-refractivity contribution in [1.82, 2.24) is 24.8 Å². The van der Waals surface area contributed by atoms with E-state index >= 15 is 0 Å². The Kier molecular flexibility index (Phi) is 8.42. The number of halogens is 1. The molecule has 0 unspecified atom stereocenters. The Morgan fingerprint density at radius 1 is 1.03 bits per heavy atom. The molecule has 0 aliphatic carbocycles. The van der Waals surface area contributed by atoms with E-state index in [9.17, 15) is 0 Å². The first-order valence-corrected chi connectivity index (χ1v) is 11.8. The van der Waals surface area contributed by atoms with Gasteiger partial charge in [-0.15, -0.1) is 6.42 Å². The number of methoxy groups -OCH3 is 2. The van der Waals surface area contributed by atoms with Gasteiger partial charge in [0.25, 0.3) is 0 Å². The maximum atomic E-state index is 6.30. The normalized spacial score (nSPS) is 14.5. The molecule has 3 aromatic rings. The molecule has 1 aliphatic heterocycles. The zero-order valence-electron chi connectivity index (χ0n) is 20.0. The standard InChI is InChI=1S/C25H29ClN6O3/c1-4-8-31-10-12-32(13-11-31)9-5-14-35-22-16-20-18(15-21(22)33-2)24(28-17-27-20)30-25-19(26)6-7-23(29-25)34-3/h1,6-7,15-17H,5,8-14H2,2-3H3,(H,27,28,29,30). The molecule has 1 fully saturated rings. The first-order valence-electron chi connectivity index (χ1n) is 11.4. The minimum absolute atomic E-state index is 0.436. The van der Waals surface area contributed by atoms with Crippen LogP contribution in [0.1, 0.15) is 6.42 Å². The van der Waals surface area contributed by atoms with Crippen LogP contribution in [0.4, 0.5) is 11.6 Å². The average molecular weight is 497 g/mol. The molecular formula is C25H29ClN6O3.